The largest absolute Gasteiger partial charge is 0.371 e. The standard InChI is InChI=1S/C23H29N3O/c1-17-15-22(8-12-24-17)26-13-9-18(10-14-26)7-11-25-23(27)21-6-5-19-3-2-4-20(19)16-21/h5-6,8,12,15-16,18H,2-4,7,9-11,13-14H2,1H3,(H,25,27). The number of fused-ring (bicyclic) bond motifs is 1. The van der Waals surface area contributed by atoms with Crippen LogP contribution in [0.5, 0.6) is 0 Å². The van der Waals surface area contributed by atoms with E-state index in [-0.39, 0.29) is 5.91 Å². The molecule has 0 saturated carbocycles. The lowest BCUT2D eigenvalue weighted by Crippen LogP contribution is -2.35. The maximum Gasteiger partial charge on any atom is 0.251 e. The van der Waals surface area contributed by atoms with Crippen LogP contribution >= 0.6 is 0 Å². The van der Waals surface area contributed by atoms with Gasteiger partial charge in [-0.3, -0.25) is 9.78 Å². The Kier molecular flexibility index (Phi) is 5.42. The normalized spacial score (nSPS) is 17.0. The second kappa shape index (κ2) is 8.12. The van der Waals surface area contributed by atoms with Crippen LogP contribution in [0.1, 0.15) is 52.9 Å². The highest BCUT2D eigenvalue weighted by molar-refractivity contribution is 5.94. The SMILES string of the molecule is Cc1cc(N2CCC(CCNC(=O)c3ccc4c(c3)CCC4)CC2)ccn1. The first-order valence-corrected chi connectivity index (χ1v) is 10.3. The average molecular weight is 364 g/mol. The molecule has 0 unspecified atom stereocenters. The number of aryl methyl sites for hydroxylation is 3. The number of hydrogen-bond donors (Lipinski definition) is 1. The highest BCUT2D eigenvalue weighted by Crippen LogP contribution is 2.25. The average Bonchev–Trinajstić information content (AvgIpc) is 3.16. The molecule has 0 atom stereocenters. The highest BCUT2D eigenvalue weighted by atomic mass is 16.1. The number of hydrogen-bond acceptors (Lipinski definition) is 3. The van der Waals surface area contributed by atoms with Gasteiger partial charge in [-0.25, -0.2) is 0 Å². The summed E-state index contributed by atoms with van der Waals surface area (Å²) in [5.41, 5.74) is 5.96. The van der Waals surface area contributed by atoms with E-state index in [1.165, 1.54) is 36.1 Å². The summed E-state index contributed by atoms with van der Waals surface area (Å²) < 4.78 is 0. The molecule has 0 spiro atoms. The topological polar surface area (TPSA) is 45.2 Å². The van der Waals surface area contributed by atoms with Crippen molar-refractivity contribution in [1.82, 2.24) is 10.3 Å². The molecule has 27 heavy (non-hydrogen) atoms. The molecular weight excluding hydrogens is 334 g/mol. The van der Waals surface area contributed by atoms with Gasteiger partial charge in [0.25, 0.3) is 5.91 Å². The molecule has 0 bridgehead atoms. The molecule has 0 radical (unpaired) electrons. The van der Waals surface area contributed by atoms with Crippen molar-refractivity contribution in [1.29, 1.82) is 0 Å². The number of piperidine rings is 1. The van der Waals surface area contributed by atoms with Crippen LogP contribution in [0.15, 0.2) is 36.5 Å². The molecule has 4 rings (SSSR count). The molecule has 4 nitrogen and oxygen atoms in total. The Bertz CT molecular complexity index is 809. The van der Waals surface area contributed by atoms with Gasteiger partial charge in [-0.15, -0.1) is 0 Å². The fraction of sp³-hybridized carbons (Fsp3) is 0.478. The summed E-state index contributed by atoms with van der Waals surface area (Å²) in [7, 11) is 0. The van der Waals surface area contributed by atoms with E-state index in [2.05, 4.69) is 39.5 Å². The van der Waals surface area contributed by atoms with E-state index in [0.717, 1.165) is 50.2 Å². The number of carbonyl (C=O) groups is 1. The number of benzene rings is 1. The molecule has 142 valence electrons. The van der Waals surface area contributed by atoms with Crippen LogP contribution in [0.25, 0.3) is 0 Å². The molecule has 1 amide bonds. The molecular formula is C23H29N3O. The van der Waals surface area contributed by atoms with Gasteiger partial charge in [-0.05, 0) is 86.8 Å². The maximum atomic E-state index is 12.4. The number of nitrogens with one attached hydrogen (secondary N) is 1. The molecule has 1 saturated heterocycles. The van der Waals surface area contributed by atoms with Crippen LogP contribution in [-0.2, 0) is 12.8 Å². The van der Waals surface area contributed by atoms with Crippen molar-refractivity contribution >= 4 is 11.6 Å². The molecule has 1 N–H and O–H groups in total. The summed E-state index contributed by atoms with van der Waals surface area (Å²) in [5, 5.41) is 3.13. The van der Waals surface area contributed by atoms with Crippen molar-refractivity contribution in [2.45, 2.75) is 45.4 Å². The minimum atomic E-state index is 0.0781. The fourth-order valence-electron chi connectivity index (χ4n) is 4.41. The van der Waals surface area contributed by atoms with Gasteiger partial charge < -0.3 is 10.2 Å². The lowest BCUT2D eigenvalue weighted by molar-refractivity contribution is 0.0950. The zero-order valence-electron chi connectivity index (χ0n) is 16.2. The van der Waals surface area contributed by atoms with Gasteiger partial charge in [-0.1, -0.05) is 6.07 Å². The first-order chi connectivity index (χ1) is 13.2. The lowest BCUT2D eigenvalue weighted by Gasteiger charge is -2.33. The number of amides is 1. The van der Waals surface area contributed by atoms with Crippen LogP contribution < -0.4 is 10.2 Å². The predicted octanol–water partition coefficient (Wildman–Crippen LogP) is 3.92. The number of pyridine rings is 1. The number of carbonyl (C=O) groups excluding carboxylic acids is 1. The summed E-state index contributed by atoms with van der Waals surface area (Å²) in [5.74, 6) is 0.777. The molecule has 1 aromatic heterocycles. The number of nitrogens with zero attached hydrogens (tertiary/aromatic N) is 2. The third-order valence-corrected chi connectivity index (χ3v) is 6.06. The smallest absolute Gasteiger partial charge is 0.251 e. The Morgan fingerprint density at radius 1 is 1.15 bits per heavy atom. The van der Waals surface area contributed by atoms with E-state index >= 15 is 0 Å². The van der Waals surface area contributed by atoms with E-state index in [1.54, 1.807) is 0 Å². The Labute approximate surface area is 162 Å². The van der Waals surface area contributed by atoms with Gasteiger partial charge in [0.2, 0.25) is 0 Å². The molecule has 2 aromatic rings. The Balaban J connectivity index is 1.22. The predicted molar refractivity (Wildman–Crippen MR) is 109 cm³/mol. The van der Waals surface area contributed by atoms with E-state index in [4.69, 9.17) is 0 Å². The van der Waals surface area contributed by atoms with Crippen molar-refractivity contribution in [3.05, 3.63) is 58.9 Å². The first-order valence-electron chi connectivity index (χ1n) is 10.3. The van der Waals surface area contributed by atoms with Crippen molar-refractivity contribution in [3.63, 3.8) is 0 Å². The summed E-state index contributed by atoms with van der Waals surface area (Å²) in [4.78, 5) is 19.2. The monoisotopic (exact) mass is 363 g/mol. The molecule has 1 aliphatic heterocycles. The number of rotatable bonds is 5. The van der Waals surface area contributed by atoms with Gasteiger partial charge in [0.1, 0.15) is 0 Å². The summed E-state index contributed by atoms with van der Waals surface area (Å²) in [6.45, 7) is 4.99. The molecule has 2 aliphatic rings. The van der Waals surface area contributed by atoms with Crippen molar-refractivity contribution < 1.29 is 4.79 Å². The Morgan fingerprint density at radius 2 is 1.96 bits per heavy atom. The number of anilines is 1. The molecule has 4 heteroatoms. The quantitative estimate of drug-likeness (QED) is 0.876. The zero-order valence-corrected chi connectivity index (χ0v) is 16.2. The van der Waals surface area contributed by atoms with E-state index in [9.17, 15) is 4.79 Å². The van der Waals surface area contributed by atoms with Gasteiger partial charge in [0, 0.05) is 42.8 Å². The van der Waals surface area contributed by atoms with Crippen molar-refractivity contribution in [2.24, 2.45) is 5.92 Å². The van der Waals surface area contributed by atoms with Crippen LogP contribution in [0.2, 0.25) is 0 Å². The maximum absolute atomic E-state index is 12.4. The number of aromatic nitrogens is 1. The second-order valence-corrected chi connectivity index (χ2v) is 7.97. The van der Waals surface area contributed by atoms with Crippen LogP contribution in [-0.4, -0.2) is 30.5 Å². The van der Waals surface area contributed by atoms with Crippen molar-refractivity contribution in [2.75, 3.05) is 24.5 Å². The van der Waals surface area contributed by atoms with Gasteiger partial charge in [-0.2, -0.15) is 0 Å². The van der Waals surface area contributed by atoms with Gasteiger partial charge in [0.15, 0.2) is 0 Å². The van der Waals surface area contributed by atoms with Crippen molar-refractivity contribution in [3.8, 4) is 0 Å². The van der Waals surface area contributed by atoms with Gasteiger partial charge >= 0.3 is 0 Å². The van der Waals surface area contributed by atoms with E-state index in [0.29, 0.717) is 5.92 Å². The summed E-state index contributed by atoms with van der Waals surface area (Å²) >= 11 is 0. The lowest BCUT2D eigenvalue weighted by atomic mass is 9.93. The van der Waals surface area contributed by atoms with Crippen LogP contribution in [0, 0.1) is 12.8 Å². The van der Waals surface area contributed by atoms with Crippen LogP contribution in [0.4, 0.5) is 5.69 Å². The molecule has 1 aliphatic carbocycles. The van der Waals surface area contributed by atoms with Crippen LogP contribution in [0.3, 0.4) is 0 Å². The fourth-order valence-corrected chi connectivity index (χ4v) is 4.41. The molecule has 1 fully saturated rings. The zero-order chi connectivity index (χ0) is 18.6. The van der Waals surface area contributed by atoms with Gasteiger partial charge in [0.05, 0.1) is 0 Å². The third kappa shape index (κ3) is 4.32. The minimum absolute atomic E-state index is 0.0781. The first kappa shape index (κ1) is 18.0. The van der Waals surface area contributed by atoms with E-state index in [1.807, 2.05) is 19.2 Å². The molecule has 2 heterocycles. The Hall–Kier alpha value is -2.36. The summed E-state index contributed by atoms with van der Waals surface area (Å²) in [6.07, 6.45) is 8.84. The second-order valence-electron chi connectivity index (χ2n) is 7.97. The Morgan fingerprint density at radius 3 is 2.78 bits per heavy atom. The van der Waals surface area contributed by atoms with E-state index < -0.39 is 0 Å². The third-order valence-electron chi connectivity index (χ3n) is 6.06. The summed E-state index contributed by atoms with van der Waals surface area (Å²) in [6, 6.07) is 10.5. The molecule has 1 aromatic carbocycles. The highest BCUT2D eigenvalue weighted by Gasteiger charge is 2.20. The minimum Gasteiger partial charge on any atom is -0.371 e.